The van der Waals surface area contributed by atoms with Crippen LogP contribution in [-0.2, 0) is 0 Å². The van der Waals surface area contributed by atoms with Gasteiger partial charge in [0.1, 0.15) is 11.5 Å². The fourth-order valence-electron chi connectivity index (χ4n) is 2.48. The largest absolute Gasteiger partial charge is 0.494 e. The lowest BCUT2D eigenvalue weighted by Crippen LogP contribution is -2.16. The predicted molar refractivity (Wildman–Crippen MR) is 85.0 cm³/mol. The van der Waals surface area contributed by atoms with Crippen LogP contribution in [0.25, 0.3) is 0 Å². The van der Waals surface area contributed by atoms with Crippen molar-refractivity contribution in [3.05, 3.63) is 42.2 Å². The van der Waals surface area contributed by atoms with Gasteiger partial charge >= 0.3 is 0 Å². The van der Waals surface area contributed by atoms with Crippen molar-refractivity contribution >= 4 is 17.8 Å². The van der Waals surface area contributed by atoms with Gasteiger partial charge in [-0.1, -0.05) is 6.07 Å². The Kier molecular flexibility index (Phi) is 4.24. The SMILES string of the molecule is CCOc1cccc(N=Cc2ccc(N3CCCC3)o2)c1. The minimum atomic E-state index is 0.657. The van der Waals surface area contributed by atoms with Crippen molar-refractivity contribution in [2.45, 2.75) is 19.8 Å². The quantitative estimate of drug-likeness (QED) is 0.778. The summed E-state index contributed by atoms with van der Waals surface area (Å²) in [6, 6.07) is 11.7. The van der Waals surface area contributed by atoms with Crippen LogP contribution in [0.1, 0.15) is 25.5 Å². The average molecular weight is 284 g/mol. The second-order valence-corrected chi connectivity index (χ2v) is 5.06. The van der Waals surface area contributed by atoms with Crippen LogP contribution in [0.2, 0.25) is 0 Å². The lowest BCUT2D eigenvalue weighted by molar-refractivity contribution is 0.340. The lowest BCUT2D eigenvalue weighted by Gasteiger charge is -2.12. The first-order valence-electron chi connectivity index (χ1n) is 7.47. The van der Waals surface area contributed by atoms with Crippen LogP contribution in [-0.4, -0.2) is 25.9 Å². The van der Waals surface area contributed by atoms with E-state index in [0.29, 0.717) is 6.61 Å². The van der Waals surface area contributed by atoms with Crippen LogP contribution < -0.4 is 9.64 Å². The van der Waals surface area contributed by atoms with Gasteiger partial charge < -0.3 is 14.1 Å². The fourth-order valence-corrected chi connectivity index (χ4v) is 2.48. The highest BCUT2D eigenvalue weighted by atomic mass is 16.5. The van der Waals surface area contributed by atoms with Gasteiger partial charge in [0.2, 0.25) is 0 Å². The summed E-state index contributed by atoms with van der Waals surface area (Å²) < 4.78 is 11.3. The van der Waals surface area contributed by atoms with Gasteiger partial charge in [0.25, 0.3) is 0 Å². The average Bonchev–Trinajstić information content (AvgIpc) is 3.17. The van der Waals surface area contributed by atoms with E-state index in [9.17, 15) is 0 Å². The number of aliphatic imine (C=N–C) groups is 1. The smallest absolute Gasteiger partial charge is 0.196 e. The number of benzene rings is 1. The van der Waals surface area contributed by atoms with E-state index in [2.05, 4.69) is 9.89 Å². The number of anilines is 1. The molecule has 4 heteroatoms. The highest BCUT2D eigenvalue weighted by molar-refractivity contribution is 5.79. The summed E-state index contributed by atoms with van der Waals surface area (Å²) in [5.41, 5.74) is 0.861. The molecule has 0 atom stereocenters. The van der Waals surface area contributed by atoms with Crippen molar-refractivity contribution in [2.24, 2.45) is 4.99 Å². The fraction of sp³-hybridized carbons (Fsp3) is 0.353. The number of nitrogens with zero attached hydrogens (tertiary/aromatic N) is 2. The van der Waals surface area contributed by atoms with Gasteiger partial charge in [-0.2, -0.15) is 0 Å². The molecule has 0 spiro atoms. The van der Waals surface area contributed by atoms with E-state index in [1.54, 1.807) is 6.21 Å². The molecule has 1 aromatic carbocycles. The summed E-state index contributed by atoms with van der Waals surface area (Å²) in [6.45, 7) is 4.80. The molecule has 1 aliphatic heterocycles. The van der Waals surface area contributed by atoms with Gasteiger partial charge in [-0.25, -0.2) is 0 Å². The summed E-state index contributed by atoms with van der Waals surface area (Å²) >= 11 is 0. The molecule has 4 nitrogen and oxygen atoms in total. The molecule has 0 bridgehead atoms. The molecule has 1 saturated heterocycles. The molecule has 3 rings (SSSR count). The van der Waals surface area contributed by atoms with Gasteiger partial charge in [-0.3, -0.25) is 4.99 Å². The molecule has 0 aliphatic carbocycles. The molecule has 1 aromatic heterocycles. The van der Waals surface area contributed by atoms with Crippen molar-refractivity contribution < 1.29 is 9.15 Å². The topological polar surface area (TPSA) is 38.0 Å². The number of hydrogen-bond acceptors (Lipinski definition) is 4. The Morgan fingerprint density at radius 3 is 2.90 bits per heavy atom. The monoisotopic (exact) mass is 284 g/mol. The first-order chi connectivity index (χ1) is 10.3. The molecule has 110 valence electrons. The molecule has 1 aliphatic rings. The van der Waals surface area contributed by atoms with E-state index in [1.807, 2.05) is 43.3 Å². The molecule has 0 radical (unpaired) electrons. The lowest BCUT2D eigenvalue weighted by atomic mass is 10.3. The van der Waals surface area contributed by atoms with Crippen molar-refractivity contribution in [1.82, 2.24) is 0 Å². The standard InChI is InChI=1S/C17H20N2O2/c1-2-20-15-7-5-6-14(12-15)18-13-16-8-9-17(21-16)19-10-3-4-11-19/h5-9,12-13H,2-4,10-11H2,1H3. The van der Waals surface area contributed by atoms with Crippen LogP contribution in [0.3, 0.4) is 0 Å². The third-order valence-corrected chi connectivity index (χ3v) is 3.50. The summed E-state index contributed by atoms with van der Waals surface area (Å²) in [7, 11) is 0. The third kappa shape index (κ3) is 3.45. The maximum absolute atomic E-state index is 5.81. The molecule has 0 amide bonds. The van der Waals surface area contributed by atoms with Crippen LogP contribution in [0, 0.1) is 0 Å². The van der Waals surface area contributed by atoms with Crippen LogP contribution in [0.15, 0.2) is 45.8 Å². The summed E-state index contributed by atoms with van der Waals surface area (Å²) in [5, 5.41) is 0. The summed E-state index contributed by atoms with van der Waals surface area (Å²) in [4.78, 5) is 6.71. The number of ether oxygens (including phenoxy) is 1. The molecular formula is C17H20N2O2. The van der Waals surface area contributed by atoms with E-state index in [4.69, 9.17) is 9.15 Å². The Labute approximate surface area is 125 Å². The van der Waals surface area contributed by atoms with E-state index in [1.165, 1.54) is 12.8 Å². The van der Waals surface area contributed by atoms with Gasteiger partial charge in [0, 0.05) is 25.2 Å². The second kappa shape index (κ2) is 6.48. The van der Waals surface area contributed by atoms with E-state index >= 15 is 0 Å². The zero-order valence-electron chi connectivity index (χ0n) is 12.3. The maximum atomic E-state index is 5.81. The molecule has 0 unspecified atom stereocenters. The number of rotatable bonds is 5. The molecule has 2 heterocycles. The van der Waals surface area contributed by atoms with Gasteiger partial charge in [-0.15, -0.1) is 0 Å². The van der Waals surface area contributed by atoms with Gasteiger partial charge in [-0.05, 0) is 38.0 Å². The van der Waals surface area contributed by atoms with E-state index in [0.717, 1.165) is 36.2 Å². The molecule has 21 heavy (non-hydrogen) atoms. The zero-order chi connectivity index (χ0) is 14.5. The van der Waals surface area contributed by atoms with E-state index in [-0.39, 0.29) is 0 Å². The Morgan fingerprint density at radius 1 is 1.24 bits per heavy atom. The first kappa shape index (κ1) is 13.7. The van der Waals surface area contributed by atoms with Crippen molar-refractivity contribution in [3.63, 3.8) is 0 Å². The van der Waals surface area contributed by atoms with Crippen molar-refractivity contribution in [1.29, 1.82) is 0 Å². The minimum Gasteiger partial charge on any atom is -0.494 e. The molecule has 0 saturated carbocycles. The van der Waals surface area contributed by atoms with Crippen LogP contribution >= 0.6 is 0 Å². The Hall–Kier alpha value is -2.23. The van der Waals surface area contributed by atoms with Crippen molar-refractivity contribution in [2.75, 3.05) is 24.6 Å². The predicted octanol–water partition coefficient (Wildman–Crippen LogP) is 4.03. The highest BCUT2D eigenvalue weighted by Gasteiger charge is 2.14. The molecule has 1 fully saturated rings. The second-order valence-electron chi connectivity index (χ2n) is 5.06. The normalized spacial score (nSPS) is 15.0. The zero-order valence-corrected chi connectivity index (χ0v) is 12.3. The summed E-state index contributed by atoms with van der Waals surface area (Å²) in [6.07, 6.45) is 4.24. The van der Waals surface area contributed by atoms with Crippen molar-refractivity contribution in [3.8, 4) is 5.75 Å². The Morgan fingerprint density at radius 2 is 2.10 bits per heavy atom. The maximum Gasteiger partial charge on any atom is 0.196 e. The summed E-state index contributed by atoms with van der Waals surface area (Å²) in [5.74, 6) is 2.56. The highest BCUT2D eigenvalue weighted by Crippen LogP contribution is 2.23. The molecule has 0 N–H and O–H groups in total. The first-order valence-corrected chi connectivity index (χ1v) is 7.47. The third-order valence-electron chi connectivity index (χ3n) is 3.50. The van der Waals surface area contributed by atoms with E-state index < -0.39 is 0 Å². The molecule has 2 aromatic rings. The Bertz CT molecular complexity index is 613. The van der Waals surface area contributed by atoms with Gasteiger partial charge in [0.05, 0.1) is 18.5 Å². The molecular weight excluding hydrogens is 264 g/mol. The Balaban J connectivity index is 1.69. The minimum absolute atomic E-state index is 0.657. The van der Waals surface area contributed by atoms with Crippen LogP contribution in [0.5, 0.6) is 5.75 Å². The number of hydrogen-bond donors (Lipinski definition) is 0. The number of furan rings is 1. The van der Waals surface area contributed by atoms with Gasteiger partial charge in [0.15, 0.2) is 5.88 Å². The van der Waals surface area contributed by atoms with Crippen LogP contribution in [0.4, 0.5) is 11.6 Å².